The molecular weight excluding hydrogens is 474 g/mol. The van der Waals surface area contributed by atoms with Gasteiger partial charge in [0.25, 0.3) is 0 Å². The van der Waals surface area contributed by atoms with E-state index in [1.54, 1.807) is 35.4 Å². The van der Waals surface area contributed by atoms with E-state index in [1.807, 2.05) is 6.92 Å². The molecule has 0 aliphatic rings. The molecule has 10 heteroatoms. The van der Waals surface area contributed by atoms with Gasteiger partial charge in [0.05, 0.1) is 23.7 Å². The minimum absolute atomic E-state index is 0.0269. The van der Waals surface area contributed by atoms with Gasteiger partial charge in [0.1, 0.15) is 11.6 Å². The predicted octanol–water partition coefficient (Wildman–Crippen LogP) is 5.93. The SMILES string of the molecule is Cc1c[nH]c2cc(F)c(Oc3ccc(F)c(-c4ccn(Cc5cnc(CCC(=O)O)s5)n4)c3)cc12. The maximum absolute atomic E-state index is 14.6. The number of halogens is 2. The summed E-state index contributed by atoms with van der Waals surface area (Å²) in [5, 5.41) is 14.9. The molecule has 7 nitrogen and oxygen atoms in total. The number of fused-ring (bicyclic) bond motifs is 1. The van der Waals surface area contributed by atoms with E-state index >= 15 is 0 Å². The molecule has 0 aliphatic carbocycles. The normalized spacial score (nSPS) is 11.3. The Morgan fingerprint density at radius 2 is 2.06 bits per heavy atom. The summed E-state index contributed by atoms with van der Waals surface area (Å²) in [6, 6.07) is 8.88. The Morgan fingerprint density at radius 3 is 2.89 bits per heavy atom. The van der Waals surface area contributed by atoms with E-state index in [0.29, 0.717) is 24.2 Å². The summed E-state index contributed by atoms with van der Waals surface area (Å²) in [6.45, 7) is 2.33. The molecule has 0 atom stereocenters. The number of aromatic nitrogens is 4. The number of carboxylic acid groups (broad SMARTS) is 1. The summed E-state index contributed by atoms with van der Waals surface area (Å²) in [6.07, 6.45) is 5.61. The van der Waals surface area contributed by atoms with Crippen LogP contribution in [0.3, 0.4) is 0 Å². The predicted molar refractivity (Wildman–Crippen MR) is 128 cm³/mol. The van der Waals surface area contributed by atoms with Crippen molar-refractivity contribution in [2.24, 2.45) is 0 Å². The van der Waals surface area contributed by atoms with Crippen molar-refractivity contribution >= 4 is 28.2 Å². The summed E-state index contributed by atoms with van der Waals surface area (Å²) >= 11 is 1.42. The van der Waals surface area contributed by atoms with Crippen LogP contribution in [0, 0.1) is 18.6 Å². The number of rotatable bonds is 8. The lowest BCUT2D eigenvalue weighted by molar-refractivity contribution is -0.136. The molecule has 0 saturated heterocycles. The van der Waals surface area contributed by atoms with Gasteiger partial charge in [-0.1, -0.05) is 0 Å². The average Bonchev–Trinajstić information content (AvgIpc) is 3.56. The standard InChI is InChI=1S/C25H20F2N4O3S/c1-14-11-28-22-10-20(27)23(9-17(14)22)34-15-2-3-19(26)18(8-15)21-6-7-31(30-21)13-16-12-29-24(35-16)4-5-25(32)33/h2-3,6-12,28H,4-5,13H2,1H3,(H,32,33). The zero-order valence-corrected chi connectivity index (χ0v) is 19.4. The average molecular weight is 495 g/mol. The number of benzene rings is 2. The minimum Gasteiger partial charge on any atom is -0.481 e. The van der Waals surface area contributed by atoms with Gasteiger partial charge in [-0.25, -0.2) is 13.8 Å². The lowest BCUT2D eigenvalue weighted by atomic mass is 10.1. The maximum Gasteiger partial charge on any atom is 0.303 e. The number of hydrogen-bond acceptors (Lipinski definition) is 5. The highest BCUT2D eigenvalue weighted by Gasteiger charge is 2.14. The van der Waals surface area contributed by atoms with E-state index in [2.05, 4.69) is 15.1 Å². The highest BCUT2D eigenvalue weighted by molar-refractivity contribution is 7.11. The van der Waals surface area contributed by atoms with Crippen molar-refractivity contribution in [3.63, 3.8) is 0 Å². The monoisotopic (exact) mass is 494 g/mol. The number of hydrogen-bond donors (Lipinski definition) is 2. The van der Waals surface area contributed by atoms with Crippen molar-refractivity contribution in [3.05, 3.63) is 82.1 Å². The largest absolute Gasteiger partial charge is 0.481 e. The molecule has 35 heavy (non-hydrogen) atoms. The van der Waals surface area contributed by atoms with Crippen LogP contribution < -0.4 is 4.74 Å². The van der Waals surface area contributed by atoms with Crippen LogP contribution in [0.15, 0.2) is 55.0 Å². The molecular formula is C25H20F2N4O3S. The lowest BCUT2D eigenvalue weighted by Gasteiger charge is -2.09. The van der Waals surface area contributed by atoms with Crippen molar-refractivity contribution in [1.82, 2.24) is 19.7 Å². The molecule has 3 heterocycles. The molecule has 0 unspecified atom stereocenters. The molecule has 0 fully saturated rings. The fourth-order valence-corrected chi connectivity index (χ4v) is 4.65. The first-order valence-electron chi connectivity index (χ1n) is 10.8. The molecule has 0 bridgehead atoms. The van der Waals surface area contributed by atoms with Gasteiger partial charge < -0.3 is 14.8 Å². The Hall–Kier alpha value is -4.05. The first-order chi connectivity index (χ1) is 16.9. The molecule has 0 saturated carbocycles. The van der Waals surface area contributed by atoms with Crippen molar-refractivity contribution in [1.29, 1.82) is 0 Å². The Labute approximate surface area is 202 Å². The zero-order valence-electron chi connectivity index (χ0n) is 18.6. The molecule has 0 amide bonds. The topological polar surface area (TPSA) is 93.0 Å². The van der Waals surface area contributed by atoms with Crippen LogP contribution in [-0.4, -0.2) is 30.8 Å². The number of carboxylic acids is 1. The maximum atomic E-state index is 14.6. The molecule has 178 valence electrons. The number of nitrogens with zero attached hydrogens (tertiary/aromatic N) is 3. The molecule has 2 N–H and O–H groups in total. The number of ether oxygens (including phenoxy) is 1. The van der Waals surface area contributed by atoms with Gasteiger partial charge in [-0.05, 0) is 42.8 Å². The lowest BCUT2D eigenvalue weighted by Crippen LogP contribution is -1.99. The third kappa shape index (κ3) is 4.92. The van der Waals surface area contributed by atoms with Crippen LogP contribution in [0.5, 0.6) is 11.5 Å². The van der Waals surface area contributed by atoms with E-state index in [1.165, 1.54) is 35.6 Å². The summed E-state index contributed by atoms with van der Waals surface area (Å²) in [7, 11) is 0. The number of thiazole rings is 1. The van der Waals surface area contributed by atoms with E-state index in [0.717, 1.165) is 20.8 Å². The molecule has 0 radical (unpaired) electrons. The highest BCUT2D eigenvalue weighted by atomic mass is 32.1. The molecule has 0 spiro atoms. The van der Waals surface area contributed by atoms with Crippen LogP contribution in [0.2, 0.25) is 0 Å². The second-order valence-electron chi connectivity index (χ2n) is 8.06. The van der Waals surface area contributed by atoms with Crippen LogP contribution in [-0.2, 0) is 17.8 Å². The van der Waals surface area contributed by atoms with E-state index < -0.39 is 17.6 Å². The number of carbonyl (C=O) groups is 1. The van der Waals surface area contributed by atoms with Gasteiger partial charge in [0.2, 0.25) is 0 Å². The van der Waals surface area contributed by atoms with Gasteiger partial charge >= 0.3 is 5.97 Å². The van der Waals surface area contributed by atoms with Crippen LogP contribution >= 0.6 is 11.3 Å². The van der Waals surface area contributed by atoms with Gasteiger partial charge in [0, 0.05) is 52.4 Å². The van der Waals surface area contributed by atoms with Gasteiger partial charge in [-0.15, -0.1) is 11.3 Å². The van der Waals surface area contributed by atoms with E-state index in [9.17, 15) is 13.6 Å². The van der Waals surface area contributed by atoms with E-state index in [4.69, 9.17) is 9.84 Å². The number of nitrogens with one attached hydrogen (secondary N) is 1. The summed E-state index contributed by atoms with van der Waals surface area (Å²) in [4.78, 5) is 18.9. The summed E-state index contributed by atoms with van der Waals surface area (Å²) in [5.41, 5.74) is 2.27. The van der Waals surface area contributed by atoms with Crippen LogP contribution in [0.1, 0.15) is 21.9 Å². The Morgan fingerprint density at radius 1 is 1.20 bits per heavy atom. The molecule has 3 aromatic heterocycles. The highest BCUT2D eigenvalue weighted by Crippen LogP contribution is 2.33. The molecule has 5 rings (SSSR count). The van der Waals surface area contributed by atoms with Crippen LogP contribution in [0.4, 0.5) is 8.78 Å². The third-order valence-corrected chi connectivity index (χ3v) is 6.54. The smallest absolute Gasteiger partial charge is 0.303 e. The van der Waals surface area contributed by atoms with Gasteiger partial charge in [-0.3, -0.25) is 9.48 Å². The fourth-order valence-electron chi connectivity index (χ4n) is 3.74. The summed E-state index contributed by atoms with van der Waals surface area (Å²) < 4.78 is 36.6. The fraction of sp³-hybridized carbons (Fsp3) is 0.160. The Kier molecular flexibility index (Phi) is 6.04. The van der Waals surface area contributed by atoms with Crippen molar-refractivity contribution in [2.75, 3.05) is 0 Å². The molecule has 5 aromatic rings. The Bertz CT molecular complexity index is 1540. The van der Waals surface area contributed by atoms with Gasteiger partial charge in [0.15, 0.2) is 11.6 Å². The molecule has 2 aromatic carbocycles. The van der Waals surface area contributed by atoms with Crippen molar-refractivity contribution in [3.8, 4) is 22.8 Å². The number of aliphatic carboxylic acids is 1. The van der Waals surface area contributed by atoms with Crippen molar-refractivity contribution < 1.29 is 23.4 Å². The van der Waals surface area contributed by atoms with E-state index in [-0.39, 0.29) is 23.5 Å². The second-order valence-corrected chi connectivity index (χ2v) is 9.26. The van der Waals surface area contributed by atoms with Crippen molar-refractivity contribution in [2.45, 2.75) is 26.3 Å². The quantitative estimate of drug-likeness (QED) is 0.279. The zero-order chi connectivity index (χ0) is 24.5. The first-order valence-corrected chi connectivity index (χ1v) is 11.6. The third-order valence-electron chi connectivity index (χ3n) is 5.50. The first kappa shape index (κ1) is 22.7. The number of aromatic amines is 1. The second kappa shape index (κ2) is 9.30. The van der Waals surface area contributed by atoms with Crippen LogP contribution in [0.25, 0.3) is 22.2 Å². The minimum atomic E-state index is -0.866. The molecule has 0 aliphatic heterocycles. The Balaban J connectivity index is 1.35. The number of aryl methyl sites for hydroxylation is 2. The van der Waals surface area contributed by atoms with Gasteiger partial charge in [-0.2, -0.15) is 5.10 Å². The summed E-state index contributed by atoms with van der Waals surface area (Å²) in [5.74, 6) is -1.54. The number of H-pyrrole nitrogens is 1.